The summed E-state index contributed by atoms with van der Waals surface area (Å²) < 4.78 is 0. The Kier molecular flexibility index (Phi) is 5.68. The second kappa shape index (κ2) is 8.57. The molecule has 4 rings (SSSR count). The van der Waals surface area contributed by atoms with Gasteiger partial charge in [0, 0.05) is 29.5 Å². The van der Waals surface area contributed by atoms with Gasteiger partial charge in [-0.05, 0) is 30.7 Å². The molecule has 0 spiro atoms. The van der Waals surface area contributed by atoms with E-state index in [9.17, 15) is 4.79 Å². The Morgan fingerprint density at radius 2 is 1.94 bits per heavy atom. The zero-order chi connectivity index (χ0) is 22.0. The largest absolute Gasteiger partial charge is 0.388 e. The molecule has 0 radical (unpaired) electrons. The summed E-state index contributed by atoms with van der Waals surface area (Å²) in [4.78, 5) is 24.8. The number of amides is 1. The van der Waals surface area contributed by atoms with Gasteiger partial charge in [-0.25, -0.2) is 9.97 Å². The monoisotopic (exact) mass is 432 g/mol. The van der Waals surface area contributed by atoms with Crippen molar-refractivity contribution >= 4 is 40.1 Å². The molecule has 0 saturated carbocycles. The summed E-state index contributed by atoms with van der Waals surface area (Å²) in [5, 5.41) is 15.2. The van der Waals surface area contributed by atoms with Crippen LogP contribution in [0.2, 0.25) is 5.02 Å². The Morgan fingerprint density at radius 1 is 1.16 bits per heavy atom. The van der Waals surface area contributed by atoms with Gasteiger partial charge >= 0.3 is 0 Å². The number of fused-ring (bicyclic) bond motifs is 1. The number of aromatic amines is 1. The van der Waals surface area contributed by atoms with Gasteiger partial charge in [0.2, 0.25) is 0 Å². The summed E-state index contributed by atoms with van der Waals surface area (Å²) in [5.41, 5.74) is 4.18. The molecule has 0 aliphatic carbocycles. The lowest BCUT2D eigenvalue weighted by atomic mass is 10.1. The van der Waals surface area contributed by atoms with E-state index in [1.54, 1.807) is 31.4 Å². The number of hydrogen-bond donors (Lipinski definition) is 4. The van der Waals surface area contributed by atoms with Gasteiger partial charge in [-0.15, -0.1) is 0 Å². The molecule has 0 fully saturated rings. The van der Waals surface area contributed by atoms with E-state index in [2.05, 4.69) is 25.6 Å². The number of hydrogen-bond acceptors (Lipinski definition) is 5. The maximum absolute atomic E-state index is 12.9. The Bertz CT molecular complexity index is 1270. The Morgan fingerprint density at radius 3 is 2.68 bits per heavy atom. The predicted octanol–water partition coefficient (Wildman–Crippen LogP) is 4.56. The first-order chi connectivity index (χ1) is 15.0. The van der Waals surface area contributed by atoms with Crippen molar-refractivity contribution in [3.05, 3.63) is 88.3 Å². The van der Waals surface area contributed by atoms with Crippen LogP contribution in [0, 0.1) is 5.41 Å². The topological polar surface area (TPSA) is 107 Å². The van der Waals surface area contributed by atoms with E-state index in [0.717, 1.165) is 5.56 Å². The van der Waals surface area contributed by atoms with E-state index in [4.69, 9.17) is 17.0 Å². The smallest absolute Gasteiger partial charge is 0.255 e. The molecule has 0 aliphatic rings. The lowest BCUT2D eigenvalue weighted by molar-refractivity contribution is 0.0941. The number of nitrogens with zero attached hydrogens (tertiary/aromatic N) is 2. The summed E-state index contributed by atoms with van der Waals surface area (Å²) in [7, 11) is 1.76. The Labute approximate surface area is 184 Å². The van der Waals surface area contributed by atoms with Gasteiger partial charge in [-0.2, -0.15) is 0 Å². The van der Waals surface area contributed by atoms with E-state index in [1.807, 2.05) is 37.3 Å². The molecule has 1 amide bonds. The fourth-order valence-corrected chi connectivity index (χ4v) is 3.54. The summed E-state index contributed by atoms with van der Waals surface area (Å²) in [6.07, 6.45) is 3.11. The molecule has 1 atom stereocenters. The van der Waals surface area contributed by atoms with E-state index >= 15 is 0 Å². The standard InChI is InChI=1S/C23H21ClN6O/c1-13(14-6-4-3-5-7-14)29-23(31)17-11-27-22-21(17)30-19(12-28-22)20(25)16-9-8-15(24)10-18(16)26-2/h3-13,25-26H,1-2H3,(H,27,28)(H,29,31)/t13-/m1/s1. The van der Waals surface area contributed by atoms with E-state index in [-0.39, 0.29) is 17.7 Å². The second-order valence-electron chi connectivity index (χ2n) is 7.08. The minimum atomic E-state index is -0.261. The maximum atomic E-state index is 12.9. The van der Waals surface area contributed by atoms with Gasteiger partial charge in [0.25, 0.3) is 5.91 Å². The molecule has 4 aromatic rings. The number of H-pyrrole nitrogens is 1. The quantitative estimate of drug-likeness (QED) is 0.335. The molecule has 0 aliphatic heterocycles. The van der Waals surface area contributed by atoms with Gasteiger partial charge in [-0.3, -0.25) is 10.2 Å². The Balaban J connectivity index is 1.65. The van der Waals surface area contributed by atoms with Crippen LogP contribution >= 0.6 is 11.6 Å². The highest BCUT2D eigenvalue weighted by atomic mass is 35.5. The van der Waals surface area contributed by atoms with Crippen LogP contribution in [-0.2, 0) is 0 Å². The number of carbonyl (C=O) groups excluding carboxylic acids is 1. The summed E-state index contributed by atoms with van der Waals surface area (Å²) in [5.74, 6) is -0.261. The number of anilines is 1. The highest BCUT2D eigenvalue weighted by molar-refractivity contribution is 6.31. The van der Waals surface area contributed by atoms with Crippen LogP contribution in [0.25, 0.3) is 11.2 Å². The molecule has 8 heteroatoms. The molecule has 0 bridgehead atoms. The molecular weight excluding hydrogens is 412 g/mol. The van der Waals surface area contributed by atoms with Crippen LogP contribution < -0.4 is 10.6 Å². The van der Waals surface area contributed by atoms with Crippen LogP contribution in [0.1, 0.15) is 40.1 Å². The third-order valence-electron chi connectivity index (χ3n) is 5.05. The van der Waals surface area contributed by atoms with Crippen molar-refractivity contribution in [2.24, 2.45) is 0 Å². The van der Waals surface area contributed by atoms with E-state index in [0.29, 0.717) is 38.7 Å². The van der Waals surface area contributed by atoms with Gasteiger partial charge in [0.15, 0.2) is 5.65 Å². The van der Waals surface area contributed by atoms with Crippen molar-refractivity contribution in [3.63, 3.8) is 0 Å². The Hall–Kier alpha value is -3.71. The van der Waals surface area contributed by atoms with Gasteiger partial charge in [-0.1, -0.05) is 41.9 Å². The van der Waals surface area contributed by atoms with Crippen LogP contribution in [0.3, 0.4) is 0 Å². The molecule has 2 aromatic carbocycles. The van der Waals surface area contributed by atoms with E-state index in [1.165, 1.54) is 6.20 Å². The minimum absolute atomic E-state index is 0.166. The first-order valence-electron chi connectivity index (χ1n) is 9.74. The molecule has 2 aromatic heterocycles. The fourth-order valence-electron chi connectivity index (χ4n) is 3.36. The van der Waals surface area contributed by atoms with Crippen LogP contribution in [0.5, 0.6) is 0 Å². The number of carbonyl (C=O) groups is 1. The third kappa shape index (κ3) is 4.13. The van der Waals surface area contributed by atoms with Gasteiger partial charge in [0.05, 0.1) is 23.5 Å². The molecule has 4 N–H and O–H groups in total. The van der Waals surface area contributed by atoms with Crippen LogP contribution in [0.15, 0.2) is 60.9 Å². The van der Waals surface area contributed by atoms with Gasteiger partial charge in [0.1, 0.15) is 11.2 Å². The lowest BCUT2D eigenvalue weighted by Gasteiger charge is -2.14. The second-order valence-corrected chi connectivity index (χ2v) is 7.51. The average molecular weight is 433 g/mol. The molecule has 0 saturated heterocycles. The predicted molar refractivity (Wildman–Crippen MR) is 123 cm³/mol. The van der Waals surface area contributed by atoms with Crippen molar-refractivity contribution < 1.29 is 4.79 Å². The van der Waals surface area contributed by atoms with Crippen molar-refractivity contribution in [2.45, 2.75) is 13.0 Å². The highest BCUT2D eigenvalue weighted by Gasteiger charge is 2.19. The first kappa shape index (κ1) is 20.6. The molecule has 2 heterocycles. The van der Waals surface area contributed by atoms with Gasteiger partial charge < -0.3 is 15.6 Å². The lowest BCUT2D eigenvalue weighted by Crippen LogP contribution is -2.26. The highest BCUT2D eigenvalue weighted by Crippen LogP contribution is 2.24. The van der Waals surface area contributed by atoms with Crippen LogP contribution in [-0.4, -0.2) is 33.6 Å². The van der Waals surface area contributed by atoms with Crippen molar-refractivity contribution in [1.29, 1.82) is 5.41 Å². The first-order valence-corrected chi connectivity index (χ1v) is 10.1. The number of aromatic nitrogens is 3. The van der Waals surface area contributed by atoms with Crippen molar-refractivity contribution in [1.82, 2.24) is 20.3 Å². The number of nitrogens with one attached hydrogen (secondary N) is 4. The molecular formula is C23H21ClN6O. The molecule has 0 unspecified atom stereocenters. The summed E-state index contributed by atoms with van der Waals surface area (Å²) in [6, 6.07) is 14.8. The summed E-state index contributed by atoms with van der Waals surface area (Å²) >= 11 is 6.06. The SMILES string of the molecule is CNc1cc(Cl)ccc1C(=N)c1cnc2[nH]cc(C(=O)N[C@H](C)c3ccccc3)c2n1. The zero-order valence-corrected chi connectivity index (χ0v) is 17.8. The summed E-state index contributed by atoms with van der Waals surface area (Å²) in [6.45, 7) is 1.93. The number of rotatable bonds is 6. The third-order valence-corrected chi connectivity index (χ3v) is 5.28. The van der Waals surface area contributed by atoms with Crippen LogP contribution in [0.4, 0.5) is 5.69 Å². The number of halogens is 1. The normalized spacial score (nSPS) is 11.8. The minimum Gasteiger partial charge on any atom is -0.388 e. The average Bonchev–Trinajstić information content (AvgIpc) is 3.22. The molecule has 7 nitrogen and oxygen atoms in total. The molecule has 156 valence electrons. The number of benzene rings is 2. The molecule has 31 heavy (non-hydrogen) atoms. The van der Waals surface area contributed by atoms with Crippen molar-refractivity contribution in [3.8, 4) is 0 Å². The maximum Gasteiger partial charge on any atom is 0.255 e. The zero-order valence-electron chi connectivity index (χ0n) is 17.0. The fraction of sp³-hybridized carbons (Fsp3) is 0.130. The van der Waals surface area contributed by atoms with E-state index < -0.39 is 0 Å². The van der Waals surface area contributed by atoms with Crippen molar-refractivity contribution in [2.75, 3.05) is 12.4 Å².